The first-order valence-electron chi connectivity index (χ1n) is 6.94. The molecule has 5 nitrogen and oxygen atoms in total. The molecule has 0 fully saturated rings. The van der Waals surface area contributed by atoms with Gasteiger partial charge in [-0.3, -0.25) is 4.79 Å². The molecule has 1 amide bonds. The number of pyridine rings is 1. The summed E-state index contributed by atoms with van der Waals surface area (Å²) < 4.78 is 0. The van der Waals surface area contributed by atoms with Crippen molar-refractivity contribution in [3.05, 3.63) is 22.9 Å². The molecule has 1 aromatic heterocycles. The van der Waals surface area contributed by atoms with E-state index in [1.54, 1.807) is 0 Å². The molecule has 2 rings (SSSR count). The normalized spacial score (nSPS) is 15.7. The molecule has 0 saturated heterocycles. The molecule has 0 aromatic carbocycles. The lowest BCUT2D eigenvalue weighted by molar-refractivity contribution is 0.100. The summed E-state index contributed by atoms with van der Waals surface area (Å²) in [5, 5.41) is 3.24. The number of anilines is 1. The lowest BCUT2D eigenvalue weighted by Crippen LogP contribution is -2.30. The minimum Gasteiger partial charge on any atom is -0.365 e. The number of nitrogens with zero attached hydrogens (tertiary/aromatic N) is 1. The van der Waals surface area contributed by atoms with Gasteiger partial charge in [0.1, 0.15) is 5.82 Å². The van der Waals surface area contributed by atoms with Crippen LogP contribution in [0.5, 0.6) is 0 Å². The molecule has 5 heteroatoms. The average molecular weight is 262 g/mol. The molecule has 0 bridgehead atoms. The summed E-state index contributed by atoms with van der Waals surface area (Å²) >= 11 is 0. The second-order valence-electron chi connectivity index (χ2n) is 5.05. The molecule has 1 atom stereocenters. The monoisotopic (exact) mass is 262 g/mol. The van der Waals surface area contributed by atoms with E-state index in [4.69, 9.17) is 11.5 Å². The maximum atomic E-state index is 11.6. The van der Waals surface area contributed by atoms with Crippen molar-refractivity contribution in [1.29, 1.82) is 0 Å². The Morgan fingerprint density at radius 3 is 2.84 bits per heavy atom. The van der Waals surface area contributed by atoms with Crippen molar-refractivity contribution in [1.82, 2.24) is 4.98 Å². The SMILES string of the molecule is CCC(CN)Nc1nc2c(cc1C(N)=O)CCCC2. The summed E-state index contributed by atoms with van der Waals surface area (Å²) in [7, 11) is 0. The van der Waals surface area contributed by atoms with Gasteiger partial charge in [0, 0.05) is 18.3 Å². The van der Waals surface area contributed by atoms with E-state index in [0.717, 1.165) is 43.4 Å². The van der Waals surface area contributed by atoms with E-state index in [2.05, 4.69) is 10.3 Å². The fraction of sp³-hybridized carbons (Fsp3) is 0.571. The fourth-order valence-electron chi connectivity index (χ4n) is 2.45. The highest BCUT2D eigenvalue weighted by Gasteiger charge is 2.19. The minimum absolute atomic E-state index is 0.118. The Morgan fingerprint density at radius 1 is 1.47 bits per heavy atom. The first-order valence-corrected chi connectivity index (χ1v) is 6.94. The van der Waals surface area contributed by atoms with Crippen LogP contribution < -0.4 is 16.8 Å². The number of rotatable bonds is 5. The Hall–Kier alpha value is -1.62. The predicted octanol–water partition coefficient (Wildman–Crippen LogP) is 1.21. The fourth-order valence-corrected chi connectivity index (χ4v) is 2.45. The van der Waals surface area contributed by atoms with Crippen LogP contribution in [0, 0.1) is 0 Å². The molecule has 0 aliphatic heterocycles. The van der Waals surface area contributed by atoms with Crippen LogP contribution in [-0.4, -0.2) is 23.5 Å². The molecule has 1 aromatic rings. The highest BCUT2D eigenvalue weighted by molar-refractivity contribution is 5.97. The maximum Gasteiger partial charge on any atom is 0.252 e. The third-order valence-electron chi connectivity index (χ3n) is 3.68. The maximum absolute atomic E-state index is 11.6. The number of hydrogen-bond acceptors (Lipinski definition) is 4. The van der Waals surface area contributed by atoms with Crippen molar-refractivity contribution < 1.29 is 4.79 Å². The second kappa shape index (κ2) is 6.02. The number of primary amides is 1. The van der Waals surface area contributed by atoms with E-state index in [1.165, 1.54) is 0 Å². The lowest BCUT2D eigenvalue weighted by atomic mass is 9.94. The molecule has 19 heavy (non-hydrogen) atoms. The molecule has 1 aliphatic rings. The van der Waals surface area contributed by atoms with Crippen molar-refractivity contribution in [2.24, 2.45) is 11.5 Å². The molecular weight excluding hydrogens is 240 g/mol. The van der Waals surface area contributed by atoms with Crippen molar-refractivity contribution in [2.75, 3.05) is 11.9 Å². The predicted molar refractivity (Wildman–Crippen MR) is 76.2 cm³/mol. The number of nitrogens with one attached hydrogen (secondary N) is 1. The van der Waals surface area contributed by atoms with Gasteiger partial charge < -0.3 is 16.8 Å². The molecule has 0 radical (unpaired) electrons. The number of carbonyl (C=O) groups is 1. The second-order valence-corrected chi connectivity index (χ2v) is 5.05. The zero-order chi connectivity index (χ0) is 13.8. The number of nitrogens with two attached hydrogens (primary N) is 2. The average Bonchev–Trinajstić information content (AvgIpc) is 2.43. The Labute approximate surface area is 113 Å². The van der Waals surface area contributed by atoms with E-state index in [1.807, 2.05) is 13.0 Å². The number of carbonyl (C=O) groups excluding carboxylic acids is 1. The van der Waals surface area contributed by atoms with Gasteiger partial charge in [-0.1, -0.05) is 6.92 Å². The van der Waals surface area contributed by atoms with Crippen molar-refractivity contribution in [3.63, 3.8) is 0 Å². The van der Waals surface area contributed by atoms with Gasteiger partial charge in [0.25, 0.3) is 5.91 Å². The largest absolute Gasteiger partial charge is 0.365 e. The van der Waals surface area contributed by atoms with Crippen LogP contribution in [0.25, 0.3) is 0 Å². The van der Waals surface area contributed by atoms with E-state index in [0.29, 0.717) is 17.9 Å². The Kier molecular flexibility index (Phi) is 4.37. The molecular formula is C14H22N4O. The van der Waals surface area contributed by atoms with Gasteiger partial charge in [-0.05, 0) is 43.7 Å². The van der Waals surface area contributed by atoms with Crippen molar-refractivity contribution in [3.8, 4) is 0 Å². The van der Waals surface area contributed by atoms with Gasteiger partial charge >= 0.3 is 0 Å². The van der Waals surface area contributed by atoms with E-state index in [9.17, 15) is 4.79 Å². The quantitative estimate of drug-likeness (QED) is 0.743. The van der Waals surface area contributed by atoms with Crippen LogP contribution in [0.15, 0.2) is 6.07 Å². The van der Waals surface area contributed by atoms with Crippen LogP contribution in [0.1, 0.15) is 47.8 Å². The number of aromatic nitrogens is 1. The highest BCUT2D eigenvalue weighted by atomic mass is 16.1. The van der Waals surface area contributed by atoms with Gasteiger partial charge in [-0.2, -0.15) is 0 Å². The van der Waals surface area contributed by atoms with Crippen LogP contribution in [0.2, 0.25) is 0 Å². The molecule has 1 unspecified atom stereocenters. The smallest absolute Gasteiger partial charge is 0.252 e. The minimum atomic E-state index is -0.435. The van der Waals surface area contributed by atoms with Gasteiger partial charge in [-0.25, -0.2) is 4.98 Å². The third kappa shape index (κ3) is 3.04. The summed E-state index contributed by atoms with van der Waals surface area (Å²) in [5.41, 5.74) is 13.9. The van der Waals surface area contributed by atoms with E-state index in [-0.39, 0.29) is 6.04 Å². The molecule has 5 N–H and O–H groups in total. The van der Waals surface area contributed by atoms with Crippen molar-refractivity contribution in [2.45, 2.75) is 45.1 Å². The zero-order valence-corrected chi connectivity index (χ0v) is 11.4. The summed E-state index contributed by atoms with van der Waals surface area (Å²) in [6, 6.07) is 2.02. The van der Waals surface area contributed by atoms with Gasteiger partial charge in [0.2, 0.25) is 0 Å². The highest BCUT2D eigenvalue weighted by Crippen LogP contribution is 2.25. The van der Waals surface area contributed by atoms with E-state index < -0.39 is 5.91 Å². The molecule has 0 saturated carbocycles. The van der Waals surface area contributed by atoms with Gasteiger partial charge in [0.15, 0.2) is 0 Å². The van der Waals surface area contributed by atoms with Crippen LogP contribution in [0.4, 0.5) is 5.82 Å². The third-order valence-corrected chi connectivity index (χ3v) is 3.68. The zero-order valence-electron chi connectivity index (χ0n) is 11.4. The number of aryl methyl sites for hydroxylation is 2. The first-order chi connectivity index (χ1) is 9.15. The Morgan fingerprint density at radius 2 is 2.21 bits per heavy atom. The topological polar surface area (TPSA) is 94.0 Å². The van der Waals surface area contributed by atoms with Crippen LogP contribution >= 0.6 is 0 Å². The summed E-state index contributed by atoms with van der Waals surface area (Å²) in [6.45, 7) is 2.56. The van der Waals surface area contributed by atoms with Crippen LogP contribution in [-0.2, 0) is 12.8 Å². The van der Waals surface area contributed by atoms with Gasteiger partial charge in [0.05, 0.1) is 5.56 Å². The molecule has 0 spiro atoms. The number of amides is 1. The Balaban J connectivity index is 2.36. The summed E-state index contributed by atoms with van der Waals surface area (Å²) in [5.74, 6) is 0.153. The van der Waals surface area contributed by atoms with E-state index >= 15 is 0 Å². The molecule has 1 aliphatic carbocycles. The first kappa shape index (κ1) is 13.8. The summed E-state index contributed by atoms with van der Waals surface area (Å²) in [6.07, 6.45) is 5.15. The molecule has 104 valence electrons. The van der Waals surface area contributed by atoms with Crippen LogP contribution in [0.3, 0.4) is 0 Å². The molecule has 1 heterocycles. The van der Waals surface area contributed by atoms with Crippen molar-refractivity contribution >= 4 is 11.7 Å². The number of hydrogen-bond donors (Lipinski definition) is 3. The standard InChI is InChI=1S/C14H22N4O/c1-2-10(8-15)17-14-11(13(16)19)7-9-5-3-4-6-12(9)18-14/h7,10H,2-6,8,15H2,1H3,(H2,16,19)(H,17,18). The summed E-state index contributed by atoms with van der Waals surface area (Å²) in [4.78, 5) is 16.2. The Bertz CT molecular complexity index is 469. The lowest BCUT2D eigenvalue weighted by Gasteiger charge is -2.21. The number of fused-ring (bicyclic) bond motifs is 1. The van der Waals surface area contributed by atoms with Gasteiger partial charge in [-0.15, -0.1) is 0 Å².